The van der Waals surface area contributed by atoms with Crippen LogP contribution in [0.2, 0.25) is 0 Å². The molecule has 5 nitrogen and oxygen atoms in total. The third-order valence-electron chi connectivity index (χ3n) is 3.51. The Morgan fingerprint density at radius 3 is 2.71 bits per heavy atom. The first-order valence-corrected chi connectivity index (χ1v) is 6.75. The minimum absolute atomic E-state index is 0.321. The highest BCUT2D eigenvalue weighted by Gasteiger charge is 2.16. The van der Waals surface area contributed by atoms with E-state index in [1.807, 2.05) is 13.8 Å². The molecule has 0 unspecified atom stereocenters. The van der Waals surface area contributed by atoms with Crippen LogP contribution in [0.15, 0.2) is 27.4 Å². The Kier molecular flexibility index (Phi) is 3.05. The minimum Gasteiger partial charge on any atom is -0.461 e. The molecule has 0 saturated carbocycles. The SMILES string of the molecule is CCOC(=O)c1cc2c([nH]1)c(C)cc1oc(=O)cc(C)c12. The van der Waals surface area contributed by atoms with Crippen molar-refractivity contribution in [2.75, 3.05) is 6.61 Å². The van der Waals surface area contributed by atoms with Crippen molar-refractivity contribution in [3.05, 3.63) is 45.4 Å². The highest BCUT2D eigenvalue weighted by molar-refractivity contribution is 6.10. The molecule has 0 atom stereocenters. The summed E-state index contributed by atoms with van der Waals surface area (Å²) in [5.41, 5.74) is 3.12. The largest absolute Gasteiger partial charge is 0.461 e. The van der Waals surface area contributed by atoms with Crippen LogP contribution in [-0.4, -0.2) is 17.6 Å². The van der Waals surface area contributed by atoms with Gasteiger partial charge in [-0.05, 0) is 44.0 Å². The molecule has 2 heterocycles. The molecule has 0 fully saturated rings. The second-order valence-corrected chi connectivity index (χ2v) is 5.01. The first kappa shape index (κ1) is 13.4. The molecule has 0 aliphatic heterocycles. The average Bonchev–Trinajstić information content (AvgIpc) is 2.83. The van der Waals surface area contributed by atoms with Gasteiger partial charge < -0.3 is 14.1 Å². The Morgan fingerprint density at radius 2 is 2.00 bits per heavy atom. The van der Waals surface area contributed by atoms with Gasteiger partial charge in [0.05, 0.1) is 6.61 Å². The molecule has 5 heteroatoms. The maximum absolute atomic E-state index is 11.9. The van der Waals surface area contributed by atoms with Crippen molar-refractivity contribution in [2.45, 2.75) is 20.8 Å². The number of carbonyl (C=O) groups excluding carboxylic acids is 1. The van der Waals surface area contributed by atoms with E-state index in [0.29, 0.717) is 17.9 Å². The number of fused-ring (bicyclic) bond motifs is 3. The van der Waals surface area contributed by atoms with E-state index in [1.165, 1.54) is 6.07 Å². The van der Waals surface area contributed by atoms with Gasteiger partial charge in [-0.15, -0.1) is 0 Å². The lowest BCUT2D eigenvalue weighted by molar-refractivity contribution is 0.0520. The summed E-state index contributed by atoms with van der Waals surface area (Å²) in [4.78, 5) is 26.5. The minimum atomic E-state index is -0.392. The number of aromatic nitrogens is 1. The Labute approximate surface area is 120 Å². The van der Waals surface area contributed by atoms with Crippen LogP contribution in [0.1, 0.15) is 28.5 Å². The monoisotopic (exact) mass is 285 g/mol. The fourth-order valence-corrected chi connectivity index (χ4v) is 2.63. The van der Waals surface area contributed by atoms with Crippen molar-refractivity contribution in [3.8, 4) is 0 Å². The highest BCUT2D eigenvalue weighted by Crippen LogP contribution is 2.30. The third-order valence-corrected chi connectivity index (χ3v) is 3.51. The summed E-state index contributed by atoms with van der Waals surface area (Å²) >= 11 is 0. The van der Waals surface area contributed by atoms with Crippen LogP contribution in [0.4, 0.5) is 0 Å². The average molecular weight is 285 g/mol. The van der Waals surface area contributed by atoms with Gasteiger partial charge in [0.1, 0.15) is 11.3 Å². The number of rotatable bonds is 2. The van der Waals surface area contributed by atoms with Crippen molar-refractivity contribution in [1.29, 1.82) is 0 Å². The number of nitrogens with one attached hydrogen (secondary N) is 1. The molecular formula is C16H15NO4. The fraction of sp³-hybridized carbons (Fsp3) is 0.250. The predicted molar refractivity (Wildman–Crippen MR) is 79.8 cm³/mol. The topological polar surface area (TPSA) is 72.3 Å². The van der Waals surface area contributed by atoms with Crippen molar-refractivity contribution in [3.63, 3.8) is 0 Å². The van der Waals surface area contributed by atoms with Crippen LogP contribution < -0.4 is 5.63 Å². The van der Waals surface area contributed by atoms with Gasteiger partial charge in [0.2, 0.25) is 0 Å². The molecule has 0 saturated heterocycles. The summed E-state index contributed by atoms with van der Waals surface area (Å²) in [6.07, 6.45) is 0. The smallest absolute Gasteiger partial charge is 0.354 e. The first-order valence-electron chi connectivity index (χ1n) is 6.75. The van der Waals surface area contributed by atoms with E-state index >= 15 is 0 Å². The molecule has 0 radical (unpaired) electrons. The number of aromatic amines is 1. The number of esters is 1. The van der Waals surface area contributed by atoms with Gasteiger partial charge in [0.25, 0.3) is 0 Å². The highest BCUT2D eigenvalue weighted by atomic mass is 16.5. The molecule has 3 aromatic rings. The zero-order valence-corrected chi connectivity index (χ0v) is 12.1. The normalized spacial score (nSPS) is 11.2. The molecule has 0 aliphatic rings. The van der Waals surface area contributed by atoms with E-state index < -0.39 is 5.97 Å². The predicted octanol–water partition coefficient (Wildman–Crippen LogP) is 3.07. The van der Waals surface area contributed by atoms with Crippen LogP contribution in [0.25, 0.3) is 21.9 Å². The number of ether oxygens (including phenoxy) is 1. The number of aryl methyl sites for hydroxylation is 2. The van der Waals surface area contributed by atoms with Crippen LogP contribution >= 0.6 is 0 Å². The summed E-state index contributed by atoms with van der Waals surface area (Å²) in [6.45, 7) is 5.84. The Balaban J connectivity index is 2.38. The number of hydrogen-bond acceptors (Lipinski definition) is 4. The van der Waals surface area contributed by atoms with Crippen molar-refractivity contribution in [2.24, 2.45) is 0 Å². The number of hydrogen-bond donors (Lipinski definition) is 1. The summed E-state index contributed by atoms with van der Waals surface area (Å²) in [7, 11) is 0. The summed E-state index contributed by atoms with van der Waals surface area (Å²) in [6, 6.07) is 5.00. The third kappa shape index (κ3) is 2.11. The van der Waals surface area contributed by atoms with Crippen molar-refractivity contribution in [1.82, 2.24) is 4.98 Å². The number of benzene rings is 1. The van der Waals surface area contributed by atoms with Crippen LogP contribution in [0.3, 0.4) is 0 Å². The zero-order chi connectivity index (χ0) is 15.1. The Bertz CT molecular complexity index is 917. The molecule has 2 aromatic heterocycles. The van der Waals surface area contributed by atoms with Crippen molar-refractivity contribution >= 4 is 27.8 Å². The molecule has 21 heavy (non-hydrogen) atoms. The lowest BCUT2D eigenvalue weighted by atomic mass is 10.0. The van der Waals surface area contributed by atoms with E-state index in [-0.39, 0.29) is 5.63 Å². The maximum Gasteiger partial charge on any atom is 0.354 e. The first-order chi connectivity index (χ1) is 10.0. The van der Waals surface area contributed by atoms with Crippen LogP contribution in [0.5, 0.6) is 0 Å². The zero-order valence-electron chi connectivity index (χ0n) is 12.1. The second kappa shape index (κ2) is 4.77. The lowest BCUT2D eigenvalue weighted by Crippen LogP contribution is -2.04. The molecule has 0 aliphatic carbocycles. The standard InChI is InChI=1S/C16H15NO4/c1-4-20-16(19)11-7-10-14-8(2)6-13(18)21-12(14)5-9(3)15(10)17-11/h5-7,17H,4H2,1-3H3. The van der Waals surface area contributed by atoms with Gasteiger partial charge in [-0.25, -0.2) is 9.59 Å². The van der Waals surface area contributed by atoms with Crippen molar-refractivity contribution < 1.29 is 13.9 Å². The van der Waals surface area contributed by atoms with Gasteiger partial charge in [-0.1, -0.05) is 0 Å². The molecule has 0 spiro atoms. The van der Waals surface area contributed by atoms with Gasteiger partial charge in [0, 0.05) is 22.4 Å². The molecule has 108 valence electrons. The van der Waals surface area contributed by atoms with Crippen LogP contribution in [-0.2, 0) is 4.74 Å². The van der Waals surface area contributed by atoms with E-state index in [1.54, 1.807) is 19.1 Å². The van der Waals surface area contributed by atoms with Gasteiger partial charge >= 0.3 is 11.6 Å². The molecule has 0 bridgehead atoms. The molecule has 1 N–H and O–H groups in total. The quantitative estimate of drug-likeness (QED) is 0.580. The van der Waals surface area contributed by atoms with E-state index in [0.717, 1.165) is 27.4 Å². The molecular weight excluding hydrogens is 270 g/mol. The Morgan fingerprint density at radius 1 is 1.24 bits per heavy atom. The van der Waals surface area contributed by atoms with E-state index in [4.69, 9.17) is 9.15 Å². The maximum atomic E-state index is 11.9. The number of carbonyl (C=O) groups is 1. The summed E-state index contributed by atoms with van der Waals surface area (Å²) in [5.74, 6) is -0.392. The lowest BCUT2D eigenvalue weighted by Gasteiger charge is -2.04. The molecule has 3 rings (SSSR count). The molecule has 1 aromatic carbocycles. The fourth-order valence-electron chi connectivity index (χ4n) is 2.63. The van der Waals surface area contributed by atoms with E-state index in [9.17, 15) is 9.59 Å². The van der Waals surface area contributed by atoms with Gasteiger partial charge in [-0.3, -0.25) is 0 Å². The Hall–Kier alpha value is -2.56. The van der Waals surface area contributed by atoms with E-state index in [2.05, 4.69) is 4.98 Å². The molecule has 0 amide bonds. The van der Waals surface area contributed by atoms with Gasteiger partial charge in [-0.2, -0.15) is 0 Å². The van der Waals surface area contributed by atoms with Crippen LogP contribution in [0, 0.1) is 13.8 Å². The second-order valence-electron chi connectivity index (χ2n) is 5.01. The summed E-state index contributed by atoms with van der Waals surface area (Å²) in [5, 5.41) is 1.69. The number of H-pyrrole nitrogens is 1. The summed E-state index contributed by atoms with van der Waals surface area (Å²) < 4.78 is 10.3. The van der Waals surface area contributed by atoms with Gasteiger partial charge in [0.15, 0.2) is 0 Å².